The van der Waals surface area contributed by atoms with Crippen molar-refractivity contribution in [2.45, 2.75) is 18.9 Å². The quantitative estimate of drug-likeness (QED) is 0.790. The molecule has 26 heavy (non-hydrogen) atoms. The number of carbonyl (C=O) groups excluding carboxylic acids is 2. The van der Waals surface area contributed by atoms with Crippen LogP contribution in [0, 0.1) is 0 Å². The number of benzene rings is 1. The average molecular weight is 399 g/mol. The summed E-state index contributed by atoms with van der Waals surface area (Å²) < 4.78 is 0. The maximum atomic E-state index is 12.8. The van der Waals surface area contributed by atoms with Crippen LogP contribution in [0.5, 0.6) is 0 Å². The zero-order chi connectivity index (χ0) is 18.5. The number of nitrogens with zero attached hydrogens (tertiary/aromatic N) is 2. The van der Waals surface area contributed by atoms with E-state index in [-0.39, 0.29) is 11.8 Å². The first kappa shape index (κ1) is 19.4. The van der Waals surface area contributed by atoms with Crippen molar-refractivity contribution in [2.75, 3.05) is 45.8 Å². The molecule has 2 heterocycles. The van der Waals surface area contributed by atoms with Crippen molar-refractivity contribution in [1.82, 2.24) is 20.4 Å². The van der Waals surface area contributed by atoms with Crippen LogP contribution in [0.4, 0.5) is 0 Å². The van der Waals surface area contributed by atoms with Crippen molar-refractivity contribution >= 4 is 35.0 Å². The number of likely N-dealkylation sites (tertiary alicyclic amines) is 1. The highest BCUT2D eigenvalue weighted by Gasteiger charge is 2.34. The molecular formula is C18H24Cl2N4O2. The standard InChI is InChI=1S/C18H24Cl2N4O2/c19-14-4-3-13(12-15(14)20)18(26)24-8-1-2-16(24)17(25)22-7-11-23-9-5-21-6-10-23/h3-4,12,16,21H,1-2,5-11H2,(H,22,25). The molecule has 142 valence electrons. The lowest BCUT2D eigenvalue weighted by molar-refractivity contribution is -0.124. The molecule has 0 bridgehead atoms. The van der Waals surface area contributed by atoms with Gasteiger partial charge in [-0.05, 0) is 31.0 Å². The third kappa shape index (κ3) is 4.68. The molecule has 6 nitrogen and oxygen atoms in total. The number of halogens is 2. The van der Waals surface area contributed by atoms with Gasteiger partial charge in [-0.15, -0.1) is 0 Å². The van der Waals surface area contributed by atoms with Gasteiger partial charge in [0.05, 0.1) is 10.0 Å². The Morgan fingerprint density at radius 3 is 2.65 bits per heavy atom. The highest BCUT2D eigenvalue weighted by molar-refractivity contribution is 6.42. The molecule has 2 N–H and O–H groups in total. The molecular weight excluding hydrogens is 375 g/mol. The topological polar surface area (TPSA) is 64.7 Å². The van der Waals surface area contributed by atoms with Crippen molar-refractivity contribution in [3.8, 4) is 0 Å². The van der Waals surface area contributed by atoms with E-state index in [0.717, 1.165) is 39.1 Å². The van der Waals surface area contributed by atoms with Crippen molar-refractivity contribution < 1.29 is 9.59 Å². The van der Waals surface area contributed by atoms with Crippen LogP contribution >= 0.6 is 23.2 Å². The fraction of sp³-hybridized carbons (Fsp3) is 0.556. The number of carbonyl (C=O) groups is 2. The van der Waals surface area contributed by atoms with E-state index in [2.05, 4.69) is 15.5 Å². The van der Waals surface area contributed by atoms with Crippen LogP contribution in [0.2, 0.25) is 10.0 Å². The van der Waals surface area contributed by atoms with Crippen LogP contribution in [0.1, 0.15) is 23.2 Å². The zero-order valence-corrected chi connectivity index (χ0v) is 16.2. The second-order valence-electron chi connectivity index (χ2n) is 6.67. The Balaban J connectivity index is 1.55. The largest absolute Gasteiger partial charge is 0.353 e. The van der Waals surface area contributed by atoms with Crippen molar-refractivity contribution in [1.29, 1.82) is 0 Å². The summed E-state index contributed by atoms with van der Waals surface area (Å²) in [6.07, 6.45) is 1.51. The van der Waals surface area contributed by atoms with E-state index >= 15 is 0 Å². The predicted octanol–water partition coefficient (Wildman–Crippen LogP) is 1.62. The monoisotopic (exact) mass is 398 g/mol. The Morgan fingerprint density at radius 1 is 1.15 bits per heavy atom. The van der Waals surface area contributed by atoms with Crippen molar-refractivity contribution in [2.24, 2.45) is 0 Å². The highest BCUT2D eigenvalue weighted by Crippen LogP contribution is 2.25. The van der Waals surface area contributed by atoms with Gasteiger partial charge >= 0.3 is 0 Å². The van der Waals surface area contributed by atoms with Gasteiger partial charge in [0.1, 0.15) is 6.04 Å². The Bertz CT molecular complexity index is 665. The maximum absolute atomic E-state index is 12.8. The van der Waals surface area contributed by atoms with E-state index in [1.54, 1.807) is 23.1 Å². The molecule has 2 amide bonds. The van der Waals surface area contributed by atoms with Crippen LogP contribution in [-0.2, 0) is 4.79 Å². The van der Waals surface area contributed by atoms with Gasteiger partial charge in [0.2, 0.25) is 5.91 Å². The van der Waals surface area contributed by atoms with Crippen LogP contribution in [0.3, 0.4) is 0 Å². The molecule has 0 aromatic heterocycles. The first-order valence-corrected chi connectivity index (χ1v) is 9.78. The summed E-state index contributed by atoms with van der Waals surface area (Å²) in [7, 11) is 0. The molecule has 2 fully saturated rings. The van der Waals surface area contributed by atoms with Crippen LogP contribution in [0.15, 0.2) is 18.2 Å². The number of nitrogens with one attached hydrogen (secondary N) is 2. The van der Waals surface area contributed by atoms with Crippen LogP contribution < -0.4 is 10.6 Å². The molecule has 2 saturated heterocycles. The summed E-state index contributed by atoms with van der Waals surface area (Å²) in [5, 5.41) is 7.05. The Hall–Kier alpha value is -1.34. The number of hydrogen-bond acceptors (Lipinski definition) is 4. The van der Waals surface area contributed by atoms with Gasteiger partial charge in [-0.25, -0.2) is 0 Å². The third-order valence-corrected chi connectivity index (χ3v) is 5.66. The molecule has 1 aromatic rings. The van der Waals surface area contributed by atoms with E-state index < -0.39 is 6.04 Å². The molecule has 2 aliphatic rings. The van der Waals surface area contributed by atoms with Crippen LogP contribution in [0.25, 0.3) is 0 Å². The SMILES string of the molecule is O=C(NCCN1CCNCC1)C1CCCN1C(=O)c1ccc(Cl)c(Cl)c1. The molecule has 8 heteroatoms. The molecule has 2 aliphatic heterocycles. The van der Waals surface area contributed by atoms with Gasteiger partial charge in [0, 0.05) is 51.4 Å². The Morgan fingerprint density at radius 2 is 1.92 bits per heavy atom. The van der Waals surface area contributed by atoms with E-state index in [4.69, 9.17) is 23.2 Å². The minimum Gasteiger partial charge on any atom is -0.353 e. The van der Waals surface area contributed by atoms with E-state index in [1.165, 1.54) is 0 Å². The van der Waals surface area contributed by atoms with Gasteiger partial charge in [0.15, 0.2) is 0 Å². The smallest absolute Gasteiger partial charge is 0.254 e. The molecule has 1 aromatic carbocycles. The molecule has 0 spiro atoms. The van der Waals surface area contributed by atoms with Gasteiger partial charge in [0.25, 0.3) is 5.91 Å². The molecule has 1 atom stereocenters. The number of hydrogen-bond donors (Lipinski definition) is 2. The molecule has 3 rings (SSSR count). The van der Waals surface area contributed by atoms with Crippen molar-refractivity contribution in [3.05, 3.63) is 33.8 Å². The first-order chi connectivity index (χ1) is 12.6. The van der Waals surface area contributed by atoms with E-state index in [1.807, 2.05) is 0 Å². The highest BCUT2D eigenvalue weighted by atomic mass is 35.5. The average Bonchev–Trinajstić information content (AvgIpc) is 3.14. The minimum atomic E-state index is -0.417. The lowest BCUT2D eigenvalue weighted by Gasteiger charge is -2.28. The van der Waals surface area contributed by atoms with Gasteiger partial charge < -0.3 is 15.5 Å². The van der Waals surface area contributed by atoms with Gasteiger partial charge in [-0.2, -0.15) is 0 Å². The lowest BCUT2D eigenvalue weighted by Crippen LogP contribution is -2.49. The third-order valence-electron chi connectivity index (χ3n) is 4.92. The zero-order valence-electron chi connectivity index (χ0n) is 14.6. The molecule has 0 radical (unpaired) electrons. The van der Waals surface area contributed by atoms with E-state index in [0.29, 0.717) is 35.1 Å². The maximum Gasteiger partial charge on any atom is 0.254 e. The summed E-state index contributed by atoms with van der Waals surface area (Å²) in [5.74, 6) is -0.255. The number of rotatable bonds is 5. The Labute approximate surface area is 163 Å². The number of amides is 2. The fourth-order valence-electron chi connectivity index (χ4n) is 3.47. The second-order valence-corrected chi connectivity index (χ2v) is 7.48. The van der Waals surface area contributed by atoms with Gasteiger partial charge in [-0.3, -0.25) is 14.5 Å². The normalized spacial score (nSPS) is 21.0. The summed E-state index contributed by atoms with van der Waals surface area (Å²) >= 11 is 11.9. The predicted molar refractivity (Wildman–Crippen MR) is 103 cm³/mol. The summed E-state index contributed by atoms with van der Waals surface area (Å²) in [4.78, 5) is 29.3. The Kier molecular flexibility index (Phi) is 6.75. The lowest BCUT2D eigenvalue weighted by atomic mass is 10.1. The molecule has 0 saturated carbocycles. The first-order valence-electron chi connectivity index (χ1n) is 9.03. The molecule has 1 unspecified atom stereocenters. The number of piperazine rings is 1. The van der Waals surface area contributed by atoms with Gasteiger partial charge in [-0.1, -0.05) is 23.2 Å². The second kappa shape index (κ2) is 9.04. The summed E-state index contributed by atoms with van der Waals surface area (Å²) in [5.41, 5.74) is 0.458. The minimum absolute atomic E-state index is 0.0777. The summed E-state index contributed by atoms with van der Waals surface area (Å²) in [6.45, 7) is 5.99. The molecule has 0 aliphatic carbocycles. The van der Waals surface area contributed by atoms with Crippen LogP contribution in [-0.4, -0.2) is 73.5 Å². The summed E-state index contributed by atoms with van der Waals surface area (Å²) in [6, 6.07) is 4.40. The van der Waals surface area contributed by atoms with Crippen molar-refractivity contribution in [3.63, 3.8) is 0 Å². The van der Waals surface area contributed by atoms with E-state index in [9.17, 15) is 9.59 Å². The fourth-order valence-corrected chi connectivity index (χ4v) is 3.77.